The van der Waals surface area contributed by atoms with E-state index in [4.69, 9.17) is 28.8 Å². The van der Waals surface area contributed by atoms with Gasteiger partial charge in [-0.3, -0.25) is 14.5 Å². The molecule has 0 saturated carbocycles. The van der Waals surface area contributed by atoms with Gasteiger partial charge in [-0.25, -0.2) is 14.8 Å². The number of carbonyl (C=O) groups is 3. The largest absolute Gasteiger partial charge is 0.477 e. The van der Waals surface area contributed by atoms with E-state index in [0.29, 0.717) is 10.6 Å². The molecule has 0 aliphatic carbocycles. The van der Waals surface area contributed by atoms with Gasteiger partial charge in [-0.2, -0.15) is 4.98 Å². The van der Waals surface area contributed by atoms with E-state index >= 15 is 0 Å². The fraction of sp³-hybridized carbons (Fsp3) is 0.167. The average molecular weight is 570 g/mol. The molecule has 2 aliphatic rings. The van der Waals surface area contributed by atoms with Crippen LogP contribution in [0.1, 0.15) is 5.69 Å². The van der Waals surface area contributed by atoms with Crippen molar-refractivity contribution in [1.29, 1.82) is 0 Å². The third kappa shape index (κ3) is 4.90. The number of rotatable bonds is 7. The number of halogens is 1. The van der Waals surface area contributed by atoms with E-state index in [2.05, 4.69) is 25.4 Å². The number of anilines is 3. The highest BCUT2D eigenvalue weighted by molar-refractivity contribution is 8.02. The Labute approximate surface area is 219 Å². The van der Waals surface area contributed by atoms with E-state index in [1.807, 2.05) is 0 Å². The summed E-state index contributed by atoms with van der Waals surface area (Å²) in [5, 5.41) is 25.9. The molecule has 0 bridgehead atoms. The molecule has 18 heteroatoms. The van der Waals surface area contributed by atoms with Crippen molar-refractivity contribution < 1.29 is 24.7 Å². The molecule has 1 fully saturated rings. The molecule has 4 heterocycles. The van der Waals surface area contributed by atoms with Crippen LogP contribution in [0.25, 0.3) is 0 Å². The molecule has 1 saturated heterocycles. The molecule has 2 aromatic rings. The Hall–Kier alpha value is -3.54. The lowest BCUT2D eigenvalue weighted by atomic mass is 10.0. The Bertz CT molecular complexity index is 1340. The zero-order chi connectivity index (χ0) is 26.1. The molecular formula is C18H16ClN9O5S3. The van der Waals surface area contributed by atoms with Crippen molar-refractivity contribution in [2.45, 2.75) is 16.4 Å². The van der Waals surface area contributed by atoms with Gasteiger partial charge in [0.25, 0.3) is 11.8 Å². The molecule has 0 radical (unpaired) electrons. The minimum absolute atomic E-state index is 0.00147. The van der Waals surface area contributed by atoms with Crippen LogP contribution in [0.3, 0.4) is 0 Å². The number of allylic oxidation sites excluding steroid dienone is 1. The Kier molecular flexibility index (Phi) is 7.25. The summed E-state index contributed by atoms with van der Waals surface area (Å²) in [6.45, 7) is 0. The van der Waals surface area contributed by atoms with Crippen LogP contribution in [0, 0.1) is 0 Å². The van der Waals surface area contributed by atoms with Crippen molar-refractivity contribution in [1.82, 2.24) is 25.2 Å². The maximum absolute atomic E-state index is 12.8. The number of nitrogens with zero attached hydrogens (tertiary/aromatic N) is 5. The second-order valence-electron chi connectivity index (χ2n) is 7.07. The molecule has 4 rings (SSSR count). The lowest BCUT2D eigenvalue weighted by molar-refractivity contribution is -0.150. The number of nitrogens with two attached hydrogens (primary N) is 3. The molecule has 9 N–H and O–H groups in total. The van der Waals surface area contributed by atoms with Crippen molar-refractivity contribution in [3.8, 4) is 0 Å². The second kappa shape index (κ2) is 10.2. The zero-order valence-electron chi connectivity index (χ0n) is 17.8. The van der Waals surface area contributed by atoms with Crippen LogP contribution in [-0.2, 0) is 14.4 Å². The number of oxime groups is 1. The Balaban J connectivity index is 1.49. The highest BCUT2D eigenvalue weighted by Crippen LogP contribution is 2.41. The van der Waals surface area contributed by atoms with Crippen molar-refractivity contribution in [3.63, 3.8) is 0 Å². The number of aliphatic carboxylic acids is 1. The summed E-state index contributed by atoms with van der Waals surface area (Å²) in [6, 6.07) is 0.447. The van der Waals surface area contributed by atoms with E-state index in [1.165, 1.54) is 17.8 Å². The summed E-state index contributed by atoms with van der Waals surface area (Å²) in [7, 11) is 0. The summed E-state index contributed by atoms with van der Waals surface area (Å²) in [6.07, 6.45) is 1.55. The van der Waals surface area contributed by atoms with Crippen molar-refractivity contribution >= 4 is 86.9 Å². The summed E-state index contributed by atoms with van der Waals surface area (Å²) < 4.78 is 0.0294. The molecule has 36 heavy (non-hydrogen) atoms. The lowest BCUT2D eigenvalue weighted by Crippen LogP contribution is -2.71. The van der Waals surface area contributed by atoms with Crippen LogP contribution >= 0.6 is 46.5 Å². The molecule has 2 aliphatic heterocycles. The standard InChI is InChI=1S/C18H16ClN9O5S3/c19-12-8(26-18(22)36-12)9(27-33)13(29)25-10-14(30)28-11(16(31)32)5(4-35-15(10)28)1-2-34-7-3-6(20)23-17(21)24-7/h1-3,10,15,33H,4H2,(H2,22,26)(H,25,29)(H,31,32)(H4,20,21,23,24)/t10-,15-/m1/s1. The van der Waals surface area contributed by atoms with E-state index in [9.17, 15) is 24.7 Å². The van der Waals surface area contributed by atoms with Crippen LogP contribution in [0.4, 0.5) is 16.9 Å². The van der Waals surface area contributed by atoms with Gasteiger partial charge in [0.15, 0.2) is 10.8 Å². The summed E-state index contributed by atoms with van der Waals surface area (Å²) in [5.41, 5.74) is 16.3. The number of carbonyl (C=O) groups excluding carboxylic acids is 2. The van der Waals surface area contributed by atoms with E-state index in [0.717, 1.165) is 28.0 Å². The number of nitrogens with one attached hydrogen (secondary N) is 1. The normalized spacial score (nSPS) is 19.9. The first kappa shape index (κ1) is 25.5. The first-order valence-electron chi connectivity index (χ1n) is 9.70. The summed E-state index contributed by atoms with van der Waals surface area (Å²) >= 11 is 9.25. The molecule has 0 spiro atoms. The van der Waals surface area contributed by atoms with Gasteiger partial charge in [0.1, 0.15) is 38.0 Å². The zero-order valence-corrected chi connectivity index (χ0v) is 21.0. The fourth-order valence-electron chi connectivity index (χ4n) is 3.35. The van der Waals surface area contributed by atoms with Gasteiger partial charge in [-0.15, -0.1) is 11.8 Å². The van der Waals surface area contributed by atoms with Crippen molar-refractivity contribution in [2.24, 2.45) is 5.16 Å². The van der Waals surface area contributed by atoms with E-state index in [1.54, 1.807) is 11.5 Å². The SMILES string of the molecule is Nc1cc(SC=CC2=C(C(=O)O)N3C(=O)[C@@H](NC(=O)C(=NO)c4nc(N)sc4Cl)[C@H]3SC2)nc(N)n1. The number of β-lactam (4-membered cyclic amide) rings is 1. The topological polar surface area (TPSA) is 236 Å². The predicted molar refractivity (Wildman–Crippen MR) is 135 cm³/mol. The number of amides is 2. The second-order valence-corrected chi connectivity index (χ2v) is 10.7. The van der Waals surface area contributed by atoms with E-state index < -0.39 is 34.9 Å². The maximum atomic E-state index is 12.8. The van der Waals surface area contributed by atoms with Crippen LogP contribution in [0.2, 0.25) is 4.34 Å². The highest BCUT2D eigenvalue weighted by Gasteiger charge is 2.54. The monoisotopic (exact) mass is 569 g/mol. The molecule has 2 aromatic heterocycles. The van der Waals surface area contributed by atoms with Crippen molar-refractivity contribution in [2.75, 3.05) is 23.0 Å². The number of aromatic nitrogens is 3. The van der Waals surface area contributed by atoms with Gasteiger partial charge in [0.05, 0.1) is 0 Å². The molecular weight excluding hydrogens is 554 g/mol. The number of thioether (sulfide) groups is 2. The van der Waals surface area contributed by atoms with Gasteiger partial charge in [-0.1, -0.05) is 39.9 Å². The molecule has 2 amide bonds. The summed E-state index contributed by atoms with van der Waals surface area (Å²) in [5.74, 6) is -2.44. The Morgan fingerprint density at radius 1 is 1.31 bits per heavy atom. The highest BCUT2D eigenvalue weighted by atomic mass is 35.5. The first-order chi connectivity index (χ1) is 17.1. The fourth-order valence-corrected chi connectivity index (χ4v) is 6.31. The van der Waals surface area contributed by atoms with Crippen molar-refractivity contribution in [3.05, 3.63) is 38.9 Å². The summed E-state index contributed by atoms with van der Waals surface area (Å²) in [4.78, 5) is 50.3. The Morgan fingerprint density at radius 2 is 2.06 bits per heavy atom. The number of hydrogen-bond acceptors (Lipinski definition) is 14. The number of carboxylic acids is 1. The Morgan fingerprint density at radius 3 is 2.67 bits per heavy atom. The molecule has 2 atom stereocenters. The molecule has 14 nitrogen and oxygen atoms in total. The molecule has 0 aromatic carbocycles. The molecule has 0 unspecified atom stereocenters. The number of nitrogen functional groups attached to an aromatic ring is 3. The van der Waals surface area contributed by atoms with Gasteiger partial charge in [0, 0.05) is 11.8 Å². The lowest BCUT2D eigenvalue weighted by Gasteiger charge is -2.49. The average Bonchev–Trinajstić information content (AvgIpc) is 3.14. The minimum atomic E-state index is -1.30. The van der Waals surface area contributed by atoms with Crippen LogP contribution in [-0.4, -0.2) is 70.8 Å². The third-order valence-corrected chi connectivity index (χ3v) is 7.93. The van der Waals surface area contributed by atoms with Gasteiger partial charge in [0.2, 0.25) is 5.95 Å². The predicted octanol–water partition coefficient (Wildman–Crippen LogP) is 0.556. The maximum Gasteiger partial charge on any atom is 0.352 e. The number of carboxylic acid groups (broad SMARTS) is 1. The quantitative estimate of drug-likeness (QED) is 0.0667. The smallest absolute Gasteiger partial charge is 0.352 e. The van der Waals surface area contributed by atoms with Gasteiger partial charge in [-0.05, 0) is 17.1 Å². The van der Waals surface area contributed by atoms with Crippen LogP contribution in [0.5, 0.6) is 0 Å². The van der Waals surface area contributed by atoms with Gasteiger partial charge >= 0.3 is 5.97 Å². The third-order valence-electron chi connectivity index (χ3n) is 4.83. The molecule has 188 valence electrons. The number of fused-ring (bicyclic) bond motifs is 1. The van der Waals surface area contributed by atoms with Crippen LogP contribution < -0.4 is 22.5 Å². The number of thiazole rings is 1. The van der Waals surface area contributed by atoms with E-state index in [-0.39, 0.29) is 38.4 Å². The minimum Gasteiger partial charge on any atom is -0.477 e. The van der Waals surface area contributed by atoms with Gasteiger partial charge < -0.3 is 32.8 Å². The number of hydrogen-bond donors (Lipinski definition) is 6. The van der Waals surface area contributed by atoms with Crippen LogP contribution in [0.15, 0.2) is 39.0 Å². The first-order valence-corrected chi connectivity index (χ1v) is 12.8.